The van der Waals surface area contributed by atoms with E-state index in [9.17, 15) is 9.59 Å². The van der Waals surface area contributed by atoms with Gasteiger partial charge in [0.2, 0.25) is 0 Å². The van der Waals surface area contributed by atoms with E-state index >= 15 is 0 Å². The van der Waals surface area contributed by atoms with Crippen molar-refractivity contribution in [2.24, 2.45) is 5.92 Å². The van der Waals surface area contributed by atoms with E-state index in [4.69, 9.17) is 5.11 Å². The highest BCUT2D eigenvalue weighted by atomic mass is 32.2. The van der Waals surface area contributed by atoms with Crippen LogP contribution in [0.4, 0.5) is 4.79 Å². The number of hydrogen-bond donors (Lipinski definition) is 3. The van der Waals surface area contributed by atoms with Gasteiger partial charge in [-0.05, 0) is 6.42 Å². The van der Waals surface area contributed by atoms with Crippen LogP contribution >= 0.6 is 11.8 Å². The molecule has 0 aliphatic heterocycles. The van der Waals surface area contributed by atoms with Gasteiger partial charge >= 0.3 is 12.0 Å². The lowest BCUT2D eigenvalue weighted by Gasteiger charge is -2.12. The highest BCUT2D eigenvalue weighted by Gasteiger charge is 2.16. The van der Waals surface area contributed by atoms with Gasteiger partial charge < -0.3 is 15.7 Å². The van der Waals surface area contributed by atoms with Crippen molar-refractivity contribution in [1.82, 2.24) is 10.6 Å². The van der Waals surface area contributed by atoms with Gasteiger partial charge in [0.15, 0.2) is 0 Å². The molecule has 0 aromatic heterocycles. The number of urea groups is 1. The van der Waals surface area contributed by atoms with Crippen LogP contribution in [0.25, 0.3) is 0 Å². The van der Waals surface area contributed by atoms with Gasteiger partial charge in [-0.1, -0.05) is 19.4 Å². The fraction of sp³-hybridized carbons (Fsp3) is 0.667. The molecule has 0 saturated heterocycles. The van der Waals surface area contributed by atoms with Gasteiger partial charge in [-0.2, -0.15) is 11.8 Å². The molecule has 1 unspecified atom stereocenters. The summed E-state index contributed by atoms with van der Waals surface area (Å²) >= 11 is 1.68. The molecule has 0 radical (unpaired) electrons. The topological polar surface area (TPSA) is 78.4 Å². The first-order chi connectivity index (χ1) is 8.61. The molecule has 6 heteroatoms. The van der Waals surface area contributed by atoms with Gasteiger partial charge in [-0.3, -0.25) is 4.79 Å². The molecule has 18 heavy (non-hydrogen) atoms. The maximum atomic E-state index is 11.4. The maximum absolute atomic E-state index is 11.4. The standard InChI is InChI=1S/C12H22N2O3S/c1-3-5-10(11(15)16)9-14-12(17)13-6-8-18-7-4-2/h4,10H,2-3,5-9H2,1H3,(H,15,16)(H2,13,14,17). The van der Waals surface area contributed by atoms with Crippen LogP contribution in [0.5, 0.6) is 0 Å². The minimum atomic E-state index is -0.862. The van der Waals surface area contributed by atoms with E-state index in [2.05, 4.69) is 17.2 Å². The van der Waals surface area contributed by atoms with Gasteiger partial charge in [0.1, 0.15) is 0 Å². The summed E-state index contributed by atoms with van der Waals surface area (Å²) < 4.78 is 0. The second-order valence-electron chi connectivity index (χ2n) is 3.82. The molecule has 0 fully saturated rings. The van der Waals surface area contributed by atoms with Crippen molar-refractivity contribution in [3.8, 4) is 0 Å². The first kappa shape index (κ1) is 16.8. The quantitative estimate of drug-likeness (QED) is 0.418. The van der Waals surface area contributed by atoms with Crippen molar-refractivity contribution in [2.45, 2.75) is 19.8 Å². The number of carboxylic acid groups (broad SMARTS) is 1. The molecule has 104 valence electrons. The number of nitrogens with one attached hydrogen (secondary N) is 2. The Morgan fingerprint density at radius 3 is 2.72 bits per heavy atom. The minimum absolute atomic E-state index is 0.175. The van der Waals surface area contributed by atoms with Crippen LogP contribution in [-0.2, 0) is 4.79 Å². The minimum Gasteiger partial charge on any atom is -0.481 e. The summed E-state index contributed by atoms with van der Waals surface area (Å²) in [6.45, 7) is 6.26. The Morgan fingerprint density at radius 2 is 2.17 bits per heavy atom. The molecule has 0 spiro atoms. The Hall–Kier alpha value is -1.17. The zero-order valence-corrected chi connectivity index (χ0v) is 11.6. The SMILES string of the molecule is C=CCSCCNC(=O)NCC(CCC)C(=O)O. The highest BCUT2D eigenvalue weighted by Crippen LogP contribution is 2.04. The number of hydrogen-bond acceptors (Lipinski definition) is 3. The molecule has 0 rings (SSSR count). The monoisotopic (exact) mass is 274 g/mol. The molecule has 0 heterocycles. The number of carbonyl (C=O) groups excluding carboxylic acids is 1. The average molecular weight is 274 g/mol. The smallest absolute Gasteiger partial charge is 0.314 e. The van der Waals surface area contributed by atoms with Gasteiger partial charge in [0.25, 0.3) is 0 Å². The van der Waals surface area contributed by atoms with E-state index in [1.807, 2.05) is 13.0 Å². The van der Waals surface area contributed by atoms with Gasteiger partial charge in [-0.15, -0.1) is 6.58 Å². The number of amides is 2. The molecule has 0 saturated carbocycles. The predicted molar refractivity (Wildman–Crippen MR) is 75.0 cm³/mol. The molecule has 0 aliphatic carbocycles. The van der Waals surface area contributed by atoms with Crippen molar-refractivity contribution in [3.63, 3.8) is 0 Å². The van der Waals surface area contributed by atoms with Crippen molar-refractivity contribution < 1.29 is 14.7 Å². The van der Waals surface area contributed by atoms with E-state index in [-0.39, 0.29) is 12.6 Å². The largest absolute Gasteiger partial charge is 0.481 e. The average Bonchev–Trinajstić information content (AvgIpc) is 2.33. The molecule has 0 aromatic carbocycles. The van der Waals surface area contributed by atoms with Crippen LogP contribution in [0.2, 0.25) is 0 Å². The van der Waals surface area contributed by atoms with Crippen LogP contribution in [0.1, 0.15) is 19.8 Å². The van der Waals surface area contributed by atoms with Crippen molar-refractivity contribution in [3.05, 3.63) is 12.7 Å². The zero-order valence-electron chi connectivity index (χ0n) is 10.8. The summed E-state index contributed by atoms with van der Waals surface area (Å²) in [6, 6.07) is -0.309. The molecule has 1 atom stereocenters. The van der Waals surface area contributed by atoms with Gasteiger partial charge in [0, 0.05) is 24.6 Å². The molecule has 0 aromatic rings. The van der Waals surface area contributed by atoms with Crippen LogP contribution in [0.3, 0.4) is 0 Å². The molecule has 0 aliphatic rings. The van der Waals surface area contributed by atoms with Crippen LogP contribution in [-0.4, -0.2) is 41.7 Å². The van der Waals surface area contributed by atoms with Gasteiger partial charge in [-0.25, -0.2) is 4.79 Å². The first-order valence-electron chi connectivity index (χ1n) is 6.05. The normalized spacial score (nSPS) is 11.6. The maximum Gasteiger partial charge on any atom is 0.314 e. The van der Waals surface area contributed by atoms with E-state index in [0.717, 1.165) is 17.9 Å². The molecular weight excluding hydrogens is 252 g/mol. The summed E-state index contributed by atoms with van der Waals surface area (Å²) in [6.07, 6.45) is 3.18. The van der Waals surface area contributed by atoms with E-state index in [0.29, 0.717) is 13.0 Å². The lowest BCUT2D eigenvalue weighted by molar-refractivity contribution is -0.141. The fourth-order valence-corrected chi connectivity index (χ4v) is 1.92. The number of carbonyl (C=O) groups is 2. The third-order valence-electron chi connectivity index (χ3n) is 2.26. The third kappa shape index (κ3) is 8.92. The summed E-state index contributed by atoms with van der Waals surface area (Å²) in [7, 11) is 0. The molecule has 3 N–H and O–H groups in total. The predicted octanol–water partition coefficient (Wildman–Crippen LogP) is 1.71. The van der Waals surface area contributed by atoms with Crippen LogP contribution in [0.15, 0.2) is 12.7 Å². The van der Waals surface area contributed by atoms with Crippen molar-refractivity contribution in [2.75, 3.05) is 24.6 Å². The Morgan fingerprint density at radius 1 is 1.44 bits per heavy atom. The first-order valence-corrected chi connectivity index (χ1v) is 7.20. The summed E-state index contributed by atoms with van der Waals surface area (Å²) in [5.41, 5.74) is 0. The van der Waals surface area contributed by atoms with E-state index < -0.39 is 11.9 Å². The Labute approximate surface area is 112 Å². The highest BCUT2D eigenvalue weighted by molar-refractivity contribution is 7.99. The Balaban J connectivity index is 3.67. The zero-order chi connectivity index (χ0) is 13.8. The second kappa shape index (κ2) is 11.0. The molecule has 2 amide bonds. The number of rotatable bonds is 10. The van der Waals surface area contributed by atoms with Crippen molar-refractivity contribution >= 4 is 23.8 Å². The molecule has 5 nitrogen and oxygen atoms in total. The lowest BCUT2D eigenvalue weighted by Crippen LogP contribution is -2.40. The summed E-state index contributed by atoms with van der Waals surface area (Å²) in [5.74, 6) is 0.312. The molecular formula is C12H22N2O3S. The second-order valence-corrected chi connectivity index (χ2v) is 4.97. The summed E-state index contributed by atoms with van der Waals surface area (Å²) in [5, 5.41) is 14.2. The fourth-order valence-electron chi connectivity index (χ4n) is 1.34. The van der Waals surface area contributed by atoms with E-state index in [1.54, 1.807) is 11.8 Å². The summed E-state index contributed by atoms with van der Waals surface area (Å²) in [4.78, 5) is 22.2. The number of thioether (sulfide) groups is 1. The Kier molecular flexibility index (Phi) is 10.2. The van der Waals surface area contributed by atoms with Crippen LogP contribution in [0, 0.1) is 5.92 Å². The van der Waals surface area contributed by atoms with E-state index in [1.165, 1.54) is 0 Å². The van der Waals surface area contributed by atoms with Crippen molar-refractivity contribution in [1.29, 1.82) is 0 Å². The lowest BCUT2D eigenvalue weighted by atomic mass is 10.0. The third-order valence-corrected chi connectivity index (χ3v) is 3.23. The Bertz CT molecular complexity index is 272. The van der Waals surface area contributed by atoms with Gasteiger partial charge in [0.05, 0.1) is 5.92 Å². The van der Waals surface area contributed by atoms with Crippen LogP contribution < -0.4 is 10.6 Å². The number of carboxylic acids is 1. The molecule has 0 bridgehead atoms. The number of aliphatic carboxylic acids is 1.